The number of ketones is 1. The lowest BCUT2D eigenvalue weighted by Gasteiger charge is -2.14. The van der Waals surface area contributed by atoms with Crippen LogP contribution in [0, 0.1) is 11.7 Å². The van der Waals surface area contributed by atoms with Crippen molar-refractivity contribution in [2.75, 3.05) is 0 Å². The molecule has 0 aliphatic rings. The van der Waals surface area contributed by atoms with E-state index in [4.69, 9.17) is 9.47 Å². The van der Waals surface area contributed by atoms with Gasteiger partial charge in [0.1, 0.15) is 5.82 Å². The zero-order valence-corrected chi connectivity index (χ0v) is 14.8. The number of benzene rings is 1. The lowest BCUT2D eigenvalue weighted by atomic mass is 10.0. The highest BCUT2D eigenvalue weighted by Crippen LogP contribution is 2.14. The molecule has 1 unspecified atom stereocenters. The van der Waals surface area contributed by atoms with Crippen molar-refractivity contribution >= 4 is 23.8 Å². The smallest absolute Gasteiger partial charge is 0.374 e. The topological polar surface area (TPSA) is 69.7 Å². The quantitative estimate of drug-likeness (QED) is 0.531. The van der Waals surface area contributed by atoms with Crippen LogP contribution >= 0.6 is 0 Å². The molecule has 0 N–H and O–H groups in total. The summed E-state index contributed by atoms with van der Waals surface area (Å²) in [4.78, 5) is 35.8. The number of carbonyl (C=O) groups is 3. The second-order valence-corrected chi connectivity index (χ2v) is 6.08. The second kappa shape index (κ2) is 9.71. The van der Waals surface area contributed by atoms with Gasteiger partial charge in [-0.15, -0.1) is 0 Å². The molecule has 0 aromatic heterocycles. The van der Waals surface area contributed by atoms with Gasteiger partial charge in [-0.05, 0) is 45.4 Å². The monoisotopic (exact) mass is 350 g/mol. The summed E-state index contributed by atoms with van der Waals surface area (Å²) in [6.45, 7) is 6.63. The lowest BCUT2D eigenvalue weighted by molar-refractivity contribution is -0.158. The molecule has 136 valence electrons. The molecule has 1 atom stereocenters. The molecule has 0 saturated carbocycles. The van der Waals surface area contributed by atoms with E-state index in [1.165, 1.54) is 30.3 Å². The van der Waals surface area contributed by atoms with E-state index in [2.05, 4.69) is 0 Å². The maximum Gasteiger partial charge on any atom is 0.374 e. The minimum absolute atomic E-state index is 0.352. The Labute approximate surface area is 146 Å². The fourth-order valence-corrected chi connectivity index (χ4v) is 1.91. The Kier molecular flexibility index (Phi) is 7.98. The Bertz CT molecular complexity index is 632. The largest absolute Gasteiger partial charge is 0.463 e. The van der Waals surface area contributed by atoms with Crippen LogP contribution in [0.25, 0.3) is 6.08 Å². The SMILES string of the molecule is CC(C)OC(=O)C(=O)CC(/C=C/c1ccc(F)cc1)C(=O)OC(C)C. The predicted octanol–water partition coefficient (Wildman–Crippen LogP) is 3.32. The molecule has 0 radical (unpaired) electrons. The lowest BCUT2D eigenvalue weighted by Crippen LogP contribution is -2.27. The normalized spacial score (nSPS) is 12.4. The first-order valence-corrected chi connectivity index (χ1v) is 8.07. The zero-order valence-electron chi connectivity index (χ0n) is 14.8. The number of rotatable bonds is 8. The molecule has 5 nitrogen and oxygen atoms in total. The minimum atomic E-state index is -0.979. The zero-order chi connectivity index (χ0) is 19.0. The highest BCUT2D eigenvalue weighted by atomic mass is 19.1. The molecule has 0 heterocycles. The summed E-state index contributed by atoms with van der Waals surface area (Å²) >= 11 is 0. The van der Waals surface area contributed by atoms with Crippen molar-refractivity contribution < 1.29 is 28.2 Å². The third-order valence-electron chi connectivity index (χ3n) is 3.02. The van der Waals surface area contributed by atoms with Gasteiger partial charge < -0.3 is 9.47 Å². The van der Waals surface area contributed by atoms with Gasteiger partial charge in [0, 0.05) is 6.42 Å². The van der Waals surface area contributed by atoms with Crippen LogP contribution in [0.3, 0.4) is 0 Å². The third kappa shape index (κ3) is 7.74. The summed E-state index contributed by atoms with van der Waals surface area (Å²) < 4.78 is 22.9. The van der Waals surface area contributed by atoms with E-state index in [1.54, 1.807) is 33.8 Å². The van der Waals surface area contributed by atoms with E-state index < -0.39 is 29.7 Å². The van der Waals surface area contributed by atoms with Crippen LogP contribution in [-0.4, -0.2) is 29.9 Å². The highest BCUT2D eigenvalue weighted by Gasteiger charge is 2.26. The van der Waals surface area contributed by atoms with Gasteiger partial charge in [-0.25, -0.2) is 9.18 Å². The summed E-state index contributed by atoms with van der Waals surface area (Å²) in [7, 11) is 0. The molecule has 0 bridgehead atoms. The van der Waals surface area contributed by atoms with Crippen molar-refractivity contribution in [3.05, 3.63) is 41.7 Å². The Morgan fingerprint density at radius 2 is 1.56 bits per heavy atom. The van der Waals surface area contributed by atoms with Crippen LogP contribution in [-0.2, 0) is 23.9 Å². The van der Waals surface area contributed by atoms with E-state index in [0.29, 0.717) is 5.56 Å². The van der Waals surface area contributed by atoms with Crippen LogP contribution in [0.4, 0.5) is 4.39 Å². The predicted molar refractivity (Wildman–Crippen MR) is 91.0 cm³/mol. The maximum atomic E-state index is 12.9. The van der Waals surface area contributed by atoms with Crippen molar-refractivity contribution in [1.82, 2.24) is 0 Å². The van der Waals surface area contributed by atoms with Crippen molar-refractivity contribution in [2.24, 2.45) is 5.92 Å². The summed E-state index contributed by atoms with van der Waals surface area (Å²) in [6.07, 6.45) is 1.92. The molecule has 0 aliphatic carbocycles. The summed E-state index contributed by atoms with van der Waals surface area (Å²) in [5, 5.41) is 0. The average molecular weight is 350 g/mol. The first kappa shape index (κ1) is 20.5. The number of hydrogen-bond donors (Lipinski definition) is 0. The van der Waals surface area contributed by atoms with E-state index in [-0.39, 0.29) is 18.3 Å². The van der Waals surface area contributed by atoms with Crippen LogP contribution in [0.1, 0.15) is 39.7 Å². The number of halogens is 1. The number of Topliss-reactive ketones (excluding diaryl/α,β-unsaturated/α-hetero) is 1. The highest BCUT2D eigenvalue weighted by molar-refractivity contribution is 6.34. The molecule has 0 amide bonds. The van der Waals surface area contributed by atoms with Crippen LogP contribution in [0.5, 0.6) is 0 Å². The first-order valence-electron chi connectivity index (χ1n) is 8.07. The third-order valence-corrected chi connectivity index (χ3v) is 3.02. The van der Waals surface area contributed by atoms with Crippen LogP contribution < -0.4 is 0 Å². The van der Waals surface area contributed by atoms with Gasteiger partial charge in [0.2, 0.25) is 5.78 Å². The summed E-state index contributed by atoms with van der Waals surface area (Å²) in [6, 6.07) is 5.63. The Hall–Kier alpha value is -2.50. The Morgan fingerprint density at radius 3 is 2.08 bits per heavy atom. The average Bonchev–Trinajstić information content (AvgIpc) is 2.51. The molecule has 0 saturated heterocycles. The van der Waals surface area contributed by atoms with Crippen molar-refractivity contribution in [3.63, 3.8) is 0 Å². The van der Waals surface area contributed by atoms with Crippen LogP contribution in [0.15, 0.2) is 30.3 Å². The van der Waals surface area contributed by atoms with Gasteiger partial charge in [0.15, 0.2) is 0 Å². The number of esters is 2. The van der Waals surface area contributed by atoms with Gasteiger partial charge in [0.05, 0.1) is 18.1 Å². The number of carbonyl (C=O) groups excluding carboxylic acids is 3. The number of ether oxygens (including phenoxy) is 2. The molecule has 0 aliphatic heterocycles. The summed E-state index contributed by atoms with van der Waals surface area (Å²) in [5.74, 6) is -3.70. The molecule has 25 heavy (non-hydrogen) atoms. The van der Waals surface area contributed by atoms with Gasteiger partial charge in [-0.2, -0.15) is 0 Å². The van der Waals surface area contributed by atoms with Crippen molar-refractivity contribution in [2.45, 2.75) is 46.3 Å². The first-order chi connectivity index (χ1) is 11.7. The fourth-order valence-electron chi connectivity index (χ4n) is 1.91. The molecular formula is C19H23FO5. The maximum absolute atomic E-state index is 12.9. The molecule has 1 aromatic rings. The van der Waals surface area contributed by atoms with E-state index >= 15 is 0 Å². The summed E-state index contributed by atoms with van der Waals surface area (Å²) in [5.41, 5.74) is 0.654. The Balaban J connectivity index is 2.88. The van der Waals surface area contributed by atoms with E-state index in [0.717, 1.165) is 0 Å². The second-order valence-electron chi connectivity index (χ2n) is 6.08. The van der Waals surface area contributed by atoms with Gasteiger partial charge in [0.25, 0.3) is 0 Å². The molecule has 6 heteroatoms. The van der Waals surface area contributed by atoms with Gasteiger partial charge >= 0.3 is 11.9 Å². The van der Waals surface area contributed by atoms with Crippen molar-refractivity contribution in [3.8, 4) is 0 Å². The van der Waals surface area contributed by atoms with Crippen molar-refractivity contribution in [1.29, 1.82) is 0 Å². The molecule has 0 spiro atoms. The van der Waals surface area contributed by atoms with Crippen LogP contribution in [0.2, 0.25) is 0 Å². The molecule has 1 rings (SSSR count). The minimum Gasteiger partial charge on any atom is -0.463 e. The molecule has 0 fully saturated rings. The molecule has 1 aromatic carbocycles. The fraction of sp³-hybridized carbons (Fsp3) is 0.421. The van der Waals surface area contributed by atoms with E-state index in [9.17, 15) is 18.8 Å². The Morgan fingerprint density at radius 1 is 1.00 bits per heavy atom. The van der Waals surface area contributed by atoms with E-state index in [1.807, 2.05) is 0 Å². The molecular weight excluding hydrogens is 327 g/mol. The van der Waals surface area contributed by atoms with Gasteiger partial charge in [-0.1, -0.05) is 24.3 Å². The van der Waals surface area contributed by atoms with Gasteiger partial charge in [-0.3, -0.25) is 9.59 Å². The number of hydrogen-bond acceptors (Lipinski definition) is 5. The standard InChI is InChI=1S/C19H23FO5/c1-12(2)24-18(22)15(11-17(21)19(23)25-13(3)4)8-5-14-6-9-16(20)10-7-14/h5-10,12-13,15H,11H2,1-4H3/b8-5+.